The molecule has 0 unspecified atom stereocenters. The number of hydrogen-bond donors (Lipinski definition) is 0. The second kappa shape index (κ2) is 6.18. The summed E-state index contributed by atoms with van der Waals surface area (Å²) in [5, 5.41) is 3.97. The molecule has 4 rings (SSSR count). The zero-order valence-corrected chi connectivity index (χ0v) is 14.1. The minimum atomic E-state index is 0.105. The van der Waals surface area contributed by atoms with Gasteiger partial charge in [0.05, 0.1) is 0 Å². The summed E-state index contributed by atoms with van der Waals surface area (Å²) in [5.41, 5.74) is 0. The van der Waals surface area contributed by atoms with Crippen molar-refractivity contribution in [1.29, 1.82) is 0 Å². The van der Waals surface area contributed by atoms with Crippen molar-refractivity contribution in [2.24, 2.45) is 11.8 Å². The Morgan fingerprint density at radius 2 is 1.83 bits per heavy atom. The number of aromatic nitrogens is 2. The fraction of sp³-hybridized carbons (Fsp3) is 0.765. The van der Waals surface area contributed by atoms with Gasteiger partial charge in [0.25, 0.3) is 0 Å². The van der Waals surface area contributed by atoms with Gasteiger partial charge >= 0.3 is 0 Å². The average Bonchev–Trinajstić information content (AvgIpc) is 3.52. The van der Waals surface area contributed by atoms with Crippen LogP contribution in [0.25, 0.3) is 0 Å². The fourth-order valence-electron chi connectivity index (χ4n) is 3.33. The van der Waals surface area contributed by atoms with Gasteiger partial charge < -0.3 is 14.3 Å². The maximum Gasteiger partial charge on any atom is 0.227 e. The number of carbonyl (C=O) groups excluding carboxylic acids is 2. The molecule has 2 heterocycles. The predicted molar refractivity (Wildman–Crippen MR) is 85.0 cm³/mol. The summed E-state index contributed by atoms with van der Waals surface area (Å²) in [7, 11) is 0. The van der Waals surface area contributed by atoms with E-state index in [2.05, 4.69) is 17.1 Å². The minimum absolute atomic E-state index is 0.105. The summed E-state index contributed by atoms with van der Waals surface area (Å²) in [5.74, 6) is 2.96. The van der Waals surface area contributed by atoms with Crippen LogP contribution in [0.15, 0.2) is 4.52 Å². The molecule has 2 amide bonds. The van der Waals surface area contributed by atoms with Crippen molar-refractivity contribution in [3.8, 4) is 0 Å². The quantitative estimate of drug-likeness (QED) is 0.809. The van der Waals surface area contributed by atoms with E-state index in [4.69, 9.17) is 4.52 Å². The standard InChI is InChI=1S/C17H24N4O3/c1-11-10-13(11)17(23)21-8-6-20(7-9-21)15(22)5-4-14-18-16(19-24-14)12-2-3-12/h11-13H,2-10H2,1H3/t11-,13-/m0/s1. The number of hydrogen-bond acceptors (Lipinski definition) is 5. The van der Waals surface area contributed by atoms with Crippen LogP contribution in [-0.2, 0) is 16.0 Å². The molecule has 7 nitrogen and oxygen atoms in total. The van der Waals surface area contributed by atoms with Crippen molar-refractivity contribution in [2.45, 2.75) is 44.9 Å². The minimum Gasteiger partial charge on any atom is -0.339 e. The normalized spacial score (nSPS) is 26.5. The molecule has 130 valence electrons. The Balaban J connectivity index is 1.21. The first-order valence-electron chi connectivity index (χ1n) is 9.01. The molecule has 0 spiro atoms. The van der Waals surface area contributed by atoms with Gasteiger partial charge in [-0.15, -0.1) is 0 Å². The largest absolute Gasteiger partial charge is 0.339 e. The maximum absolute atomic E-state index is 12.3. The summed E-state index contributed by atoms with van der Waals surface area (Å²) in [4.78, 5) is 32.7. The molecular weight excluding hydrogens is 308 g/mol. The van der Waals surface area contributed by atoms with Gasteiger partial charge in [0, 0.05) is 50.9 Å². The monoisotopic (exact) mass is 332 g/mol. The number of piperazine rings is 1. The smallest absolute Gasteiger partial charge is 0.227 e. The van der Waals surface area contributed by atoms with E-state index in [9.17, 15) is 9.59 Å². The van der Waals surface area contributed by atoms with E-state index in [0.717, 1.165) is 25.1 Å². The molecule has 0 bridgehead atoms. The van der Waals surface area contributed by atoms with Crippen LogP contribution in [0.4, 0.5) is 0 Å². The Morgan fingerprint density at radius 1 is 1.17 bits per heavy atom. The van der Waals surface area contributed by atoms with Gasteiger partial charge in [-0.2, -0.15) is 4.98 Å². The molecule has 1 aliphatic heterocycles. The van der Waals surface area contributed by atoms with Crippen LogP contribution in [-0.4, -0.2) is 57.9 Å². The fourth-order valence-corrected chi connectivity index (χ4v) is 3.33. The number of aryl methyl sites for hydroxylation is 1. The number of rotatable bonds is 5. The topological polar surface area (TPSA) is 79.5 Å². The van der Waals surface area contributed by atoms with Crippen LogP contribution in [0.3, 0.4) is 0 Å². The Bertz CT molecular complexity index is 632. The maximum atomic E-state index is 12.3. The molecular formula is C17H24N4O3. The lowest BCUT2D eigenvalue weighted by Crippen LogP contribution is -2.51. The molecule has 0 aromatic carbocycles. The van der Waals surface area contributed by atoms with Crippen LogP contribution in [0.5, 0.6) is 0 Å². The molecule has 0 radical (unpaired) electrons. The van der Waals surface area contributed by atoms with Crippen molar-refractivity contribution < 1.29 is 14.1 Å². The lowest BCUT2D eigenvalue weighted by atomic mass is 10.2. The summed E-state index contributed by atoms with van der Waals surface area (Å²) in [6.07, 6.45) is 4.18. The van der Waals surface area contributed by atoms with Gasteiger partial charge in [0.1, 0.15) is 0 Å². The van der Waals surface area contributed by atoms with Crippen LogP contribution >= 0.6 is 0 Å². The molecule has 2 aliphatic carbocycles. The van der Waals surface area contributed by atoms with E-state index in [1.807, 2.05) is 9.80 Å². The molecule has 24 heavy (non-hydrogen) atoms. The van der Waals surface area contributed by atoms with Crippen molar-refractivity contribution in [2.75, 3.05) is 26.2 Å². The van der Waals surface area contributed by atoms with Gasteiger partial charge in [0.15, 0.2) is 5.82 Å². The lowest BCUT2D eigenvalue weighted by Gasteiger charge is -2.35. The van der Waals surface area contributed by atoms with Crippen LogP contribution < -0.4 is 0 Å². The van der Waals surface area contributed by atoms with Crippen molar-refractivity contribution >= 4 is 11.8 Å². The number of carbonyl (C=O) groups is 2. The van der Waals surface area contributed by atoms with E-state index < -0.39 is 0 Å². The molecule has 3 aliphatic rings. The summed E-state index contributed by atoms with van der Waals surface area (Å²) in [6.45, 7) is 4.68. The van der Waals surface area contributed by atoms with E-state index in [0.29, 0.717) is 56.7 Å². The predicted octanol–water partition coefficient (Wildman–Crippen LogP) is 1.21. The molecule has 1 aromatic rings. The molecule has 2 saturated carbocycles. The first kappa shape index (κ1) is 15.6. The van der Waals surface area contributed by atoms with Crippen LogP contribution in [0.1, 0.15) is 50.2 Å². The third-order valence-electron chi connectivity index (χ3n) is 5.35. The Kier molecular flexibility index (Phi) is 4.02. The van der Waals surface area contributed by atoms with E-state index in [1.165, 1.54) is 0 Å². The van der Waals surface area contributed by atoms with Crippen LogP contribution in [0.2, 0.25) is 0 Å². The highest BCUT2D eigenvalue weighted by Gasteiger charge is 2.42. The lowest BCUT2D eigenvalue weighted by molar-refractivity contribution is -0.140. The first-order chi connectivity index (χ1) is 11.6. The van der Waals surface area contributed by atoms with Crippen LogP contribution in [0, 0.1) is 11.8 Å². The molecule has 7 heteroatoms. The first-order valence-corrected chi connectivity index (χ1v) is 9.01. The van der Waals surface area contributed by atoms with Crippen molar-refractivity contribution in [3.05, 3.63) is 11.7 Å². The van der Waals surface area contributed by atoms with Crippen molar-refractivity contribution in [3.63, 3.8) is 0 Å². The molecule has 0 N–H and O–H groups in total. The Hall–Kier alpha value is -1.92. The number of nitrogens with zero attached hydrogens (tertiary/aromatic N) is 4. The second-order valence-electron chi connectivity index (χ2n) is 7.35. The highest BCUT2D eigenvalue weighted by molar-refractivity contribution is 5.82. The summed E-state index contributed by atoms with van der Waals surface area (Å²) in [6, 6.07) is 0. The zero-order chi connectivity index (χ0) is 16.7. The average molecular weight is 332 g/mol. The summed E-state index contributed by atoms with van der Waals surface area (Å²) < 4.78 is 5.21. The van der Waals surface area contributed by atoms with E-state index >= 15 is 0 Å². The molecule has 3 fully saturated rings. The highest BCUT2D eigenvalue weighted by atomic mass is 16.5. The third kappa shape index (κ3) is 3.30. The number of amides is 2. The zero-order valence-electron chi connectivity index (χ0n) is 14.1. The van der Waals surface area contributed by atoms with E-state index in [1.54, 1.807) is 0 Å². The van der Waals surface area contributed by atoms with Gasteiger partial charge in [-0.25, -0.2) is 0 Å². The third-order valence-corrected chi connectivity index (χ3v) is 5.35. The molecule has 1 saturated heterocycles. The van der Waals surface area contributed by atoms with Gasteiger partial charge in [-0.3, -0.25) is 9.59 Å². The summed E-state index contributed by atoms with van der Waals surface area (Å²) >= 11 is 0. The van der Waals surface area contributed by atoms with Gasteiger partial charge in [-0.05, 0) is 25.2 Å². The Morgan fingerprint density at radius 3 is 2.46 bits per heavy atom. The van der Waals surface area contributed by atoms with Gasteiger partial charge in [-0.1, -0.05) is 12.1 Å². The van der Waals surface area contributed by atoms with Gasteiger partial charge in [0.2, 0.25) is 17.7 Å². The van der Waals surface area contributed by atoms with Crippen molar-refractivity contribution in [1.82, 2.24) is 19.9 Å². The Labute approximate surface area is 141 Å². The molecule has 1 aromatic heterocycles. The second-order valence-corrected chi connectivity index (χ2v) is 7.35. The van der Waals surface area contributed by atoms with E-state index in [-0.39, 0.29) is 17.7 Å². The SMILES string of the molecule is C[C@H]1C[C@@H]1C(=O)N1CCN(C(=O)CCc2nc(C3CC3)no2)CC1. The molecule has 2 atom stereocenters. The highest BCUT2D eigenvalue weighted by Crippen LogP contribution is 2.39.